The van der Waals surface area contributed by atoms with Crippen molar-refractivity contribution >= 4 is 17.7 Å². The zero-order valence-corrected chi connectivity index (χ0v) is 24.7. The Kier molecular flexibility index (Phi) is 9.44. The number of aliphatic hydroxyl groups is 1. The largest absolute Gasteiger partial charge is 0.394 e. The van der Waals surface area contributed by atoms with E-state index in [0.717, 1.165) is 13.1 Å². The molecule has 4 aliphatic rings. The number of ether oxygens (including phenoxy) is 2. The van der Waals surface area contributed by atoms with Gasteiger partial charge in [-0.3, -0.25) is 19.3 Å². The Labute approximate surface area is 238 Å². The molecule has 3 amide bonds. The van der Waals surface area contributed by atoms with Gasteiger partial charge in [0.25, 0.3) is 0 Å². The Hall–Kier alpha value is -2.27. The zero-order chi connectivity index (χ0) is 29.2. The van der Waals surface area contributed by atoms with Crippen molar-refractivity contribution in [3.63, 3.8) is 0 Å². The molecule has 40 heavy (non-hydrogen) atoms. The first kappa shape index (κ1) is 30.7. The minimum atomic E-state index is -1.12. The van der Waals surface area contributed by atoms with Gasteiger partial charge in [0.05, 0.1) is 43.3 Å². The van der Waals surface area contributed by atoms with Gasteiger partial charge in [-0.2, -0.15) is 0 Å². The molecule has 0 aromatic carbocycles. The number of fused-ring (bicyclic) bond motifs is 1. The van der Waals surface area contributed by atoms with Crippen LogP contribution >= 0.6 is 0 Å². The fourth-order valence-corrected chi connectivity index (χ4v) is 7.52. The molecule has 1 N–H and O–H groups in total. The first-order valence-electron chi connectivity index (χ1n) is 14.8. The first-order chi connectivity index (χ1) is 19.1. The molecule has 10 heteroatoms. The van der Waals surface area contributed by atoms with E-state index in [1.165, 1.54) is 0 Å². The Morgan fingerprint density at radius 1 is 1.15 bits per heavy atom. The standard InChI is InChI=1S/C30H48N4O6/c1-7-12-31(6)26(36)23-24-27(37)34(22(20-35)21(4)5)25(30(24)11-10-29(23,9-3)40-30)28(38)33(13-8-2)15-14-32-16-18-39-19-17-32/h7-8,21-25,35H,1-2,9-20H2,3-6H3/t22-,23-,24-,25?,29+,30?/m0/s1. The summed E-state index contributed by atoms with van der Waals surface area (Å²) >= 11 is 0. The zero-order valence-electron chi connectivity index (χ0n) is 24.7. The second kappa shape index (κ2) is 12.3. The average Bonchev–Trinajstić information content (AvgIpc) is 3.55. The van der Waals surface area contributed by atoms with Gasteiger partial charge >= 0.3 is 0 Å². The molecule has 0 aromatic rings. The lowest BCUT2D eigenvalue weighted by molar-refractivity contribution is -0.158. The smallest absolute Gasteiger partial charge is 0.248 e. The third kappa shape index (κ3) is 5.01. The van der Waals surface area contributed by atoms with Crippen LogP contribution in [0.4, 0.5) is 0 Å². The Morgan fingerprint density at radius 3 is 2.40 bits per heavy atom. The normalized spacial score (nSPS) is 32.3. The van der Waals surface area contributed by atoms with Crippen LogP contribution < -0.4 is 0 Å². The van der Waals surface area contributed by atoms with E-state index < -0.39 is 35.1 Å². The molecule has 6 atom stereocenters. The molecule has 0 radical (unpaired) electrons. The number of aliphatic hydroxyl groups excluding tert-OH is 1. The summed E-state index contributed by atoms with van der Waals surface area (Å²) in [7, 11) is 1.72. The summed E-state index contributed by atoms with van der Waals surface area (Å²) in [5.74, 6) is -2.21. The van der Waals surface area contributed by atoms with Crippen molar-refractivity contribution in [3.8, 4) is 0 Å². The van der Waals surface area contributed by atoms with E-state index in [4.69, 9.17) is 9.47 Å². The lowest BCUT2D eigenvalue weighted by atomic mass is 9.64. The molecule has 4 rings (SSSR count). The third-order valence-corrected chi connectivity index (χ3v) is 9.66. The van der Waals surface area contributed by atoms with Gasteiger partial charge in [0, 0.05) is 46.3 Å². The van der Waals surface area contributed by atoms with E-state index in [-0.39, 0.29) is 30.2 Å². The Bertz CT molecular complexity index is 983. The van der Waals surface area contributed by atoms with Gasteiger partial charge in [-0.25, -0.2) is 0 Å². The number of hydrogen-bond donors (Lipinski definition) is 1. The maximum Gasteiger partial charge on any atom is 0.248 e. The molecule has 4 saturated heterocycles. The molecule has 4 fully saturated rings. The topological polar surface area (TPSA) is 103 Å². The van der Waals surface area contributed by atoms with E-state index >= 15 is 0 Å². The minimum Gasteiger partial charge on any atom is -0.394 e. The fraction of sp³-hybridized carbons (Fsp3) is 0.767. The number of amides is 3. The average molecular weight is 561 g/mol. The number of hydrogen-bond acceptors (Lipinski definition) is 7. The third-order valence-electron chi connectivity index (χ3n) is 9.66. The van der Waals surface area contributed by atoms with E-state index in [1.54, 1.807) is 33.9 Å². The van der Waals surface area contributed by atoms with Crippen LogP contribution in [0.5, 0.6) is 0 Å². The van der Waals surface area contributed by atoms with Crippen LogP contribution in [0.25, 0.3) is 0 Å². The second-order valence-electron chi connectivity index (χ2n) is 12.1. The molecule has 0 aromatic heterocycles. The maximum atomic E-state index is 14.6. The maximum absolute atomic E-state index is 14.6. The van der Waals surface area contributed by atoms with E-state index in [0.29, 0.717) is 58.7 Å². The molecular weight excluding hydrogens is 512 g/mol. The lowest BCUT2D eigenvalue weighted by Gasteiger charge is -2.41. The number of likely N-dealkylation sites (N-methyl/N-ethyl adjacent to an activating group) is 1. The number of carbonyl (C=O) groups excluding carboxylic acids is 3. The number of nitrogens with zero attached hydrogens (tertiary/aromatic N) is 4. The van der Waals surface area contributed by atoms with Crippen molar-refractivity contribution in [1.82, 2.24) is 19.6 Å². The van der Waals surface area contributed by atoms with Gasteiger partial charge < -0.3 is 29.3 Å². The van der Waals surface area contributed by atoms with Crippen LogP contribution in [-0.4, -0.2) is 132 Å². The molecule has 0 saturated carbocycles. The second-order valence-corrected chi connectivity index (χ2v) is 12.1. The number of carbonyl (C=O) groups is 3. The molecule has 4 aliphatic heterocycles. The highest BCUT2D eigenvalue weighted by Crippen LogP contribution is 2.65. The monoisotopic (exact) mass is 560 g/mol. The summed E-state index contributed by atoms with van der Waals surface area (Å²) in [6, 6.07) is -1.50. The summed E-state index contributed by atoms with van der Waals surface area (Å²) in [6.07, 6.45) is 5.05. The SMILES string of the molecule is C=CCN(C)C(=O)[C@@H]1[C@H]2C(=O)N([C@@H](CO)C(C)C)C(C(=O)N(CC=C)CCN3CCOCC3)C23CC[C@@]1(CC)O3. The van der Waals surface area contributed by atoms with E-state index in [9.17, 15) is 19.5 Å². The molecule has 4 heterocycles. The minimum absolute atomic E-state index is 0.101. The lowest BCUT2D eigenvalue weighted by Crippen LogP contribution is -2.60. The Morgan fingerprint density at radius 2 is 1.82 bits per heavy atom. The van der Waals surface area contributed by atoms with E-state index in [1.807, 2.05) is 20.8 Å². The van der Waals surface area contributed by atoms with Gasteiger partial charge in [-0.1, -0.05) is 32.9 Å². The molecule has 1 spiro atoms. The highest BCUT2D eigenvalue weighted by atomic mass is 16.5. The highest BCUT2D eigenvalue weighted by molar-refractivity contribution is 5.99. The summed E-state index contributed by atoms with van der Waals surface area (Å²) < 4.78 is 12.4. The molecule has 2 unspecified atom stereocenters. The van der Waals surface area contributed by atoms with Crippen molar-refractivity contribution in [2.24, 2.45) is 17.8 Å². The van der Waals surface area contributed by atoms with Gasteiger partial charge in [0.15, 0.2) is 0 Å². The summed E-state index contributed by atoms with van der Waals surface area (Å²) in [5.41, 5.74) is -1.93. The molecule has 2 bridgehead atoms. The molecular formula is C30H48N4O6. The van der Waals surface area contributed by atoms with Crippen LogP contribution in [0.2, 0.25) is 0 Å². The van der Waals surface area contributed by atoms with Gasteiger partial charge in [0.2, 0.25) is 17.7 Å². The predicted molar refractivity (Wildman–Crippen MR) is 151 cm³/mol. The summed E-state index contributed by atoms with van der Waals surface area (Å²) in [5, 5.41) is 10.5. The summed E-state index contributed by atoms with van der Waals surface area (Å²) in [4.78, 5) is 50.2. The van der Waals surface area contributed by atoms with Gasteiger partial charge in [0.1, 0.15) is 11.6 Å². The quantitative estimate of drug-likeness (QED) is 0.337. The van der Waals surface area contributed by atoms with Crippen LogP contribution in [0.15, 0.2) is 25.3 Å². The van der Waals surface area contributed by atoms with Crippen LogP contribution in [-0.2, 0) is 23.9 Å². The number of likely N-dealkylation sites (tertiary alicyclic amines) is 1. The predicted octanol–water partition coefficient (Wildman–Crippen LogP) is 1.15. The van der Waals surface area contributed by atoms with Crippen molar-refractivity contribution in [1.29, 1.82) is 0 Å². The number of rotatable bonds is 13. The van der Waals surface area contributed by atoms with Crippen molar-refractivity contribution < 1.29 is 29.0 Å². The van der Waals surface area contributed by atoms with Crippen molar-refractivity contribution in [2.45, 2.75) is 63.3 Å². The fourth-order valence-electron chi connectivity index (χ4n) is 7.52. The van der Waals surface area contributed by atoms with E-state index in [2.05, 4.69) is 18.1 Å². The van der Waals surface area contributed by atoms with Crippen LogP contribution in [0.1, 0.15) is 40.0 Å². The van der Waals surface area contributed by atoms with Crippen molar-refractivity contribution in [2.75, 3.05) is 66.1 Å². The van der Waals surface area contributed by atoms with Gasteiger partial charge in [-0.05, 0) is 25.2 Å². The highest BCUT2D eigenvalue weighted by Gasteiger charge is 2.79. The van der Waals surface area contributed by atoms with Gasteiger partial charge in [-0.15, -0.1) is 13.2 Å². The van der Waals surface area contributed by atoms with Crippen LogP contribution in [0, 0.1) is 17.8 Å². The van der Waals surface area contributed by atoms with Crippen LogP contribution in [0.3, 0.4) is 0 Å². The first-order valence-corrected chi connectivity index (χ1v) is 14.8. The number of morpholine rings is 1. The Balaban J connectivity index is 1.75. The van der Waals surface area contributed by atoms with Crippen molar-refractivity contribution in [3.05, 3.63) is 25.3 Å². The molecule has 224 valence electrons. The molecule has 0 aliphatic carbocycles. The molecule has 10 nitrogen and oxygen atoms in total. The summed E-state index contributed by atoms with van der Waals surface area (Å²) in [6.45, 7) is 18.0.